The maximum atomic E-state index is 14.5. The molecule has 2 N–H and O–H groups in total. The predicted molar refractivity (Wildman–Crippen MR) is 130 cm³/mol. The van der Waals surface area contributed by atoms with Gasteiger partial charge in [0.05, 0.1) is 11.8 Å². The second kappa shape index (κ2) is 8.77. The van der Waals surface area contributed by atoms with E-state index >= 15 is 0 Å². The van der Waals surface area contributed by atoms with Crippen LogP contribution in [0.1, 0.15) is 41.4 Å². The van der Waals surface area contributed by atoms with Crippen LogP contribution in [0, 0.1) is 5.95 Å². The zero-order valence-corrected chi connectivity index (χ0v) is 19.7. The minimum absolute atomic E-state index is 0.0302. The molecule has 1 aliphatic carbocycles. The van der Waals surface area contributed by atoms with Gasteiger partial charge in [0.1, 0.15) is 5.69 Å². The molecule has 1 fully saturated rings. The number of aryl methyl sites for hydroxylation is 1. The third kappa shape index (κ3) is 4.25. The normalized spacial score (nSPS) is 13.8. The summed E-state index contributed by atoms with van der Waals surface area (Å²) in [5.41, 5.74) is 1.80. The van der Waals surface area contributed by atoms with Crippen LogP contribution >= 0.6 is 0 Å². The number of hydrogen-bond donors (Lipinski definition) is 2. The molecule has 4 aromatic rings. The van der Waals surface area contributed by atoms with Gasteiger partial charge in [0.2, 0.25) is 16.0 Å². The maximum absolute atomic E-state index is 14.5. The van der Waals surface area contributed by atoms with Crippen LogP contribution < -0.4 is 10.3 Å². The first-order valence-electron chi connectivity index (χ1n) is 11.3. The summed E-state index contributed by atoms with van der Waals surface area (Å²) in [4.78, 5) is 32.7. The van der Waals surface area contributed by atoms with E-state index in [2.05, 4.69) is 14.7 Å². The van der Waals surface area contributed by atoms with Crippen LogP contribution in [0.25, 0.3) is 22.0 Å². The molecule has 0 bridgehead atoms. The topological polar surface area (TPSA) is 114 Å². The molecule has 1 aromatic carbocycles. The molecule has 35 heavy (non-hydrogen) atoms. The van der Waals surface area contributed by atoms with Gasteiger partial charge in [-0.25, -0.2) is 18.1 Å². The number of hydrogen-bond acceptors (Lipinski definition) is 5. The zero-order valence-electron chi connectivity index (χ0n) is 18.9. The first-order chi connectivity index (χ1) is 16.8. The number of pyridine rings is 2. The number of halogens is 1. The fourth-order valence-corrected chi connectivity index (χ4v) is 5.54. The van der Waals surface area contributed by atoms with E-state index in [0.717, 1.165) is 5.56 Å². The molecule has 0 radical (unpaired) electrons. The number of aromatic nitrogens is 3. The predicted octanol–water partition coefficient (Wildman–Crippen LogP) is 3.36. The van der Waals surface area contributed by atoms with Crippen molar-refractivity contribution in [1.29, 1.82) is 0 Å². The Balaban J connectivity index is 1.81. The molecular weight excluding hydrogens is 471 g/mol. The maximum Gasteiger partial charge on any atom is 0.282 e. The molecular formula is C25H23FN4O4S. The summed E-state index contributed by atoms with van der Waals surface area (Å²) in [5.74, 6) is -1.57. The van der Waals surface area contributed by atoms with Crippen molar-refractivity contribution in [3.8, 4) is 11.1 Å². The first kappa shape index (κ1) is 23.0. The van der Waals surface area contributed by atoms with Crippen LogP contribution in [-0.4, -0.2) is 34.1 Å². The van der Waals surface area contributed by atoms with Gasteiger partial charge in [-0.3, -0.25) is 9.59 Å². The van der Waals surface area contributed by atoms with Crippen LogP contribution in [0.15, 0.2) is 59.7 Å². The van der Waals surface area contributed by atoms with Crippen molar-refractivity contribution in [3.63, 3.8) is 0 Å². The molecule has 8 nitrogen and oxygen atoms in total. The highest BCUT2D eigenvalue weighted by molar-refractivity contribution is 7.91. The smallest absolute Gasteiger partial charge is 0.282 e. The van der Waals surface area contributed by atoms with Crippen LogP contribution in [0.2, 0.25) is 0 Å². The zero-order chi connectivity index (χ0) is 24.7. The Labute approximate surface area is 200 Å². The standard InChI is InChI=1S/C25H23FN4O4S/c1-2-15-7-10-20-19(13-15)21(18-6-4-12-28-24(18)31)22(25(32)29-35(33,34)17-8-9-17)30(20)14-16-5-3-11-27-23(16)26/h3-7,10-13,17H,2,8-9,14H2,1H3,(H,28,31)(H,29,32). The van der Waals surface area contributed by atoms with E-state index in [1.807, 2.05) is 19.1 Å². The molecule has 5 rings (SSSR count). The van der Waals surface area contributed by atoms with Crippen molar-refractivity contribution in [2.75, 3.05) is 0 Å². The lowest BCUT2D eigenvalue weighted by Gasteiger charge is -2.13. The molecule has 1 amide bonds. The van der Waals surface area contributed by atoms with Crippen molar-refractivity contribution >= 4 is 26.8 Å². The summed E-state index contributed by atoms with van der Waals surface area (Å²) in [5, 5.41) is -0.0189. The monoisotopic (exact) mass is 494 g/mol. The van der Waals surface area contributed by atoms with Gasteiger partial charge in [0.15, 0.2) is 0 Å². The highest BCUT2D eigenvalue weighted by Crippen LogP contribution is 2.36. The van der Waals surface area contributed by atoms with Gasteiger partial charge < -0.3 is 9.55 Å². The number of fused-ring (bicyclic) bond motifs is 1. The minimum Gasteiger partial charge on any atom is -0.331 e. The lowest BCUT2D eigenvalue weighted by atomic mass is 10.0. The van der Waals surface area contributed by atoms with Gasteiger partial charge in [0.25, 0.3) is 11.5 Å². The van der Waals surface area contributed by atoms with Gasteiger partial charge in [-0.15, -0.1) is 0 Å². The van der Waals surface area contributed by atoms with Crippen molar-refractivity contribution in [3.05, 3.63) is 88.0 Å². The molecule has 3 heterocycles. The third-order valence-corrected chi connectivity index (χ3v) is 8.02. The summed E-state index contributed by atoms with van der Waals surface area (Å²) < 4.78 is 43.6. The van der Waals surface area contributed by atoms with E-state index in [9.17, 15) is 22.4 Å². The summed E-state index contributed by atoms with van der Waals surface area (Å²) >= 11 is 0. The van der Waals surface area contributed by atoms with E-state index in [0.29, 0.717) is 35.7 Å². The number of rotatable bonds is 7. The average Bonchev–Trinajstić information content (AvgIpc) is 3.65. The number of carbonyl (C=O) groups is 1. The van der Waals surface area contributed by atoms with Gasteiger partial charge in [0, 0.05) is 40.0 Å². The Bertz CT molecular complexity index is 1620. The second-order valence-corrected chi connectivity index (χ2v) is 10.5. The van der Waals surface area contributed by atoms with Gasteiger partial charge in [-0.2, -0.15) is 4.39 Å². The molecule has 0 spiro atoms. The van der Waals surface area contributed by atoms with Crippen molar-refractivity contribution in [1.82, 2.24) is 19.3 Å². The Morgan fingerprint density at radius 3 is 2.71 bits per heavy atom. The highest BCUT2D eigenvalue weighted by Gasteiger charge is 2.38. The average molecular weight is 495 g/mol. The quantitative estimate of drug-likeness (QED) is 0.383. The third-order valence-electron chi connectivity index (χ3n) is 6.20. The highest BCUT2D eigenvalue weighted by atomic mass is 32.2. The first-order valence-corrected chi connectivity index (χ1v) is 12.8. The SMILES string of the molecule is CCc1ccc2c(c1)c(-c1ccc[nH]c1=O)c(C(=O)NS(=O)(=O)C1CC1)n2Cc1cccnc1F. The van der Waals surface area contributed by atoms with Crippen molar-refractivity contribution in [2.24, 2.45) is 0 Å². The molecule has 10 heteroatoms. The van der Waals surface area contributed by atoms with Crippen molar-refractivity contribution < 1.29 is 17.6 Å². The van der Waals surface area contributed by atoms with Crippen molar-refractivity contribution in [2.45, 2.75) is 38.0 Å². The van der Waals surface area contributed by atoms with E-state index in [4.69, 9.17) is 0 Å². The number of sulfonamides is 1. The molecule has 180 valence electrons. The summed E-state index contributed by atoms with van der Waals surface area (Å²) in [6.45, 7) is 1.90. The number of nitrogens with one attached hydrogen (secondary N) is 2. The number of nitrogens with zero attached hydrogens (tertiary/aromatic N) is 2. The van der Waals surface area contributed by atoms with Crippen LogP contribution in [-0.2, 0) is 23.0 Å². The Morgan fingerprint density at radius 1 is 1.23 bits per heavy atom. The Morgan fingerprint density at radius 2 is 2.03 bits per heavy atom. The van der Waals surface area contributed by atoms with Crippen LogP contribution in [0.5, 0.6) is 0 Å². The Kier molecular flexibility index (Phi) is 5.76. The van der Waals surface area contributed by atoms with Crippen LogP contribution in [0.4, 0.5) is 4.39 Å². The summed E-state index contributed by atoms with van der Waals surface area (Å²) in [6.07, 6.45) is 4.48. The number of H-pyrrole nitrogens is 1. The molecule has 0 atom stereocenters. The van der Waals surface area contributed by atoms with Gasteiger partial charge in [-0.1, -0.05) is 19.1 Å². The molecule has 3 aromatic heterocycles. The second-order valence-electron chi connectivity index (χ2n) is 8.56. The van der Waals surface area contributed by atoms with E-state index in [-0.39, 0.29) is 23.4 Å². The molecule has 0 unspecified atom stereocenters. The van der Waals surface area contributed by atoms with E-state index in [1.165, 1.54) is 12.4 Å². The van der Waals surface area contributed by atoms with Crippen LogP contribution in [0.3, 0.4) is 0 Å². The molecule has 1 saturated carbocycles. The van der Waals surface area contributed by atoms with Gasteiger partial charge in [-0.05, 0) is 55.2 Å². The number of amides is 1. The summed E-state index contributed by atoms with van der Waals surface area (Å²) in [6, 6.07) is 11.9. The largest absolute Gasteiger partial charge is 0.331 e. The molecule has 0 saturated heterocycles. The lowest BCUT2D eigenvalue weighted by molar-refractivity contribution is 0.0973. The number of benzene rings is 1. The summed E-state index contributed by atoms with van der Waals surface area (Å²) in [7, 11) is -3.88. The Hall–Kier alpha value is -3.79. The van der Waals surface area contributed by atoms with E-state index in [1.54, 1.807) is 34.9 Å². The molecule has 1 aliphatic rings. The fourth-order valence-electron chi connectivity index (χ4n) is 4.26. The molecule has 0 aliphatic heterocycles. The van der Waals surface area contributed by atoms with E-state index < -0.39 is 32.7 Å². The fraction of sp³-hybridized carbons (Fsp3) is 0.240. The van der Waals surface area contributed by atoms with Gasteiger partial charge >= 0.3 is 0 Å². The number of carbonyl (C=O) groups excluding carboxylic acids is 1. The number of aromatic amines is 1. The minimum atomic E-state index is -3.88. The lowest BCUT2D eigenvalue weighted by Crippen LogP contribution is -2.35.